The molecule has 10 heteroatoms. The molecule has 0 aromatic heterocycles. The molecule has 1 aliphatic rings. The number of amides is 3. The number of benzene rings is 1. The summed E-state index contributed by atoms with van der Waals surface area (Å²) in [6, 6.07) is 3.92. The number of nitrogens with one attached hydrogen (secondary N) is 1. The minimum Gasteiger partial charge on any atom is -0.480 e. The summed E-state index contributed by atoms with van der Waals surface area (Å²) in [5, 5.41) is 9.89. The fraction of sp³-hybridized carbons (Fsp3) is 0.357. The molecule has 1 aromatic rings. The lowest BCUT2D eigenvalue weighted by atomic mass is 10.1. The Bertz CT molecular complexity index is 805. The lowest BCUT2D eigenvalue weighted by Crippen LogP contribution is -2.53. The second kappa shape index (κ2) is 6.48. The topological polar surface area (TPSA) is 147 Å². The molecule has 1 saturated heterocycles. The van der Waals surface area contributed by atoms with E-state index >= 15 is 0 Å². The number of hydrogen-bond acceptors (Lipinski definition) is 5. The van der Waals surface area contributed by atoms with E-state index in [0.29, 0.717) is 11.3 Å². The maximum atomic E-state index is 12.3. The summed E-state index contributed by atoms with van der Waals surface area (Å²) < 4.78 is 23.4. The van der Waals surface area contributed by atoms with Gasteiger partial charge >= 0.3 is 12.0 Å². The largest absolute Gasteiger partial charge is 0.480 e. The van der Waals surface area contributed by atoms with Crippen LogP contribution in [0.5, 0.6) is 0 Å². The molecule has 0 saturated carbocycles. The summed E-state index contributed by atoms with van der Waals surface area (Å²) in [6.07, 6.45) is 0. The van der Waals surface area contributed by atoms with Gasteiger partial charge in [0.05, 0.1) is 5.75 Å². The molecule has 0 spiro atoms. The highest BCUT2D eigenvalue weighted by Gasteiger charge is 2.39. The predicted octanol–water partition coefficient (Wildman–Crippen LogP) is -0.191. The van der Waals surface area contributed by atoms with Gasteiger partial charge in [-0.1, -0.05) is 0 Å². The van der Waals surface area contributed by atoms with Crippen LogP contribution in [0.15, 0.2) is 18.2 Å². The molecule has 24 heavy (non-hydrogen) atoms. The molecule has 0 radical (unpaired) electrons. The number of aryl methyl sites for hydroxylation is 1. The number of nitrogens with two attached hydrogens (primary N) is 1. The van der Waals surface area contributed by atoms with E-state index in [2.05, 4.69) is 5.32 Å². The number of carbonyl (C=O) groups is 3. The third-order valence-corrected chi connectivity index (χ3v) is 5.61. The minimum absolute atomic E-state index is 0.105. The van der Waals surface area contributed by atoms with Crippen molar-refractivity contribution in [3.05, 3.63) is 29.3 Å². The van der Waals surface area contributed by atoms with Crippen molar-refractivity contribution in [3.8, 4) is 0 Å². The first-order valence-electron chi connectivity index (χ1n) is 7.02. The van der Waals surface area contributed by atoms with Gasteiger partial charge in [-0.2, -0.15) is 0 Å². The molecule has 1 atom stereocenters. The van der Waals surface area contributed by atoms with E-state index in [-0.39, 0.29) is 12.1 Å². The number of urea groups is 1. The number of carbonyl (C=O) groups excluding carboxylic acids is 2. The van der Waals surface area contributed by atoms with Crippen LogP contribution in [0.1, 0.15) is 15.9 Å². The first-order chi connectivity index (χ1) is 11.1. The fourth-order valence-corrected chi connectivity index (χ4v) is 3.87. The Kier molecular flexibility index (Phi) is 4.78. The SMILES string of the molecule is Cc1cc(NC(=O)N2CCS(=O)(=O)C(C(=O)O)C2)cc(C(N)=O)c1. The quantitative estimate of drug-likeness (QED) is 0.684. The van der Waals surface area contributed by atoms with Gasteiger partial charge in [0.25, 0.3) is 0 Å². The van der Waals surface area contributed by atoms with Crippen LogP contribution >= 0.6 is 0 Å². The summed E-state index contributed by atoms with van der Waals surface area (Å²) in [7, 11) is -3.77. The molecule has 1 aliphatic heterocycles. The number of carboxylic acids is 1. The number of anilines is 1. The zero-order chi connectivity index (χ0) is 18.1. The second-order valence-corrected chi connectivity index (χ2v) is 7.83. The van der Waals surface area contributed by atoms with Crippen molar-refractivity contribution in [2.45, 2.75) is 12.2 Å². The standard InChI is InChI=1S/C14H17N3O6S/c1-8-4-9(12(15)18)6-10(5-8)16-14(21)17-2-3-24(22,23)11(7-17)13(19)20/h4-6,11H,2-3,7H2,1H3,(H2,15,18)(H,16,21)(H,19,20). The minimum atomic E-state index is -3.77. The molecule has 1 unspecified atom stereocenters. The average molecular weight is 355 g/mol. The van der Waals surface area contributed by atoms with Crippen LogP contribution in [-0.4, -0.2) is 60.4 Å². The van der Waals surface area contributed by atoms with Crippen LogP contribution in [-0.2, 0) is 14.6 Å². The molecule has 130 valence electrons. The third-order valence-electron chi connectivity index (χ3n) is 3.64. The van der Waals surface area contributed by atoms with Gasteiger partial charge in [-0.15, -0.1) is 0 Å². The van der Waals surface area contributed by atoms with Gasteiger partial charge in [0.1, 0.15) is 0 Å². The average Bonchev–Trinajstić information content (AvgIpc) is 2.45. The van der Waals surface area contributed by atoms with Gasteiger partial charge in [-0.25, -0.2) is 13.2 Å². The van der Waals surface area contributed by atoms with Crippen molar-refractivity contribution in [1.29, 1.82) is 0 Å². The first-order valence-corrected chi connectivity index (χ1v) is 8.73. The first kappa shape index (κ1) is 17.7. The number of primary amides is 1. The summed E-state index contributed by atoms with van der Waals surface area (Å²) in [5.74, 6) is -2.55. The number of sulfone groups is 1. The normalized spacial score (nSPS) is 19.5. The smallest absolute Gasteiger partial charge is 0.323 e. The third kappa shape index (κ3) is 3.82. The molecule has 1 aromatic carbocycles. The Hall–Kier alpha value is -2.62. The van der Waals surface area contributed by atoms with E-state index < -0.39 is 45.3 Å². The lowest BCUT2D eigenvalue weighted by Gasteiger charge is -2.30. The van der Waals surface area contributed by atoms with Crippen LogP contribution in [0.25, 0.3) is 0 Å². The van der Waals surface area contributed by atoms with E-state index in [4.69, 9.17) is 10.8 Å². The van der Waals surface area contributed by atoms with Gasteiger partial charge in [-0.05, 0) is 30.7 Å². The summed E-state index contributed by atoms with van der Waals surface area (Å²) >= 11 is 0. The molecule has 3 amide bonds. The van der Waals surface area contributed by atoms with Crippen molar-refractivity contribution in [1.82, 2.24) is 4.90 Å². The van der Waals surface area contributed by atoms with E-state index in [9.17, 15) is 22.8 Å². The van der Waals surface area contributed by atoms with Gasteiger partial charge < -0.3 is 21.1 Å². The number of rotatable bonds is 3. The van der Waals surface area contributed by atoms with Crippen LogP contribution in [0.3, 0.4) is 0 Å². The van der Waals surface area contributed by atoms with Crippen LogP contribution in [0, 0.1) is 6.92 Å². The Balaban J connectivity index is 2.16. The Morgan fingerprint density at radius 1 is 1.29 bits per heavy atom. The van der Waals surface area contributed by atoms with Crippen molar-refractivity contribution in [2.75, 3.05) is 24.2 Å². The number of carboxylic acid groups (broad SMARTS) is 1. The van der Waals surface area contributed by atoms with Crippen LogP contribution < -0.4 is 11.1 Å². The molecular weight excluding hydrogens is 338 g/mol. The van der Waals surface area contributed by atoms with Gasteiger partial charge in [0.2, 0.25) is 5.91 Å². The zero-order valence-corrected chi connectivity index (χ0v) is 13.7. The van der Waals surface area contributed by atoms with E-state index in [1.54, 1.807) is 19.1 Å². The molecular formula is C14H17N3O6S. The van der Waals surface area contributed by atoms with E-state index in [1.165, 1.54) is 6.07 Å². The molecule has 4 N–H and O–H groups in total. The maximum absolute atomic E-state index is 12.3. The van der Waals surface area contributed by atoms with E-state index in [1.807, 2.05) is 0 Å². The highest BCUT2D eigenvalue weighted by molar-refractivity contribution is 7.92. The molecule has 0 bridgehead atoms. The molecule has 0 aliphatic carbocycles. The van der Waals surface area contributed by atoms with Gasteiger partial charge in [-0.3, -0.25) is 9.59 Å². The van der Waals surface area contributed by atoms with Gasteiger partial charge in [0.15, 0.2) is 15.1 Å². The lowest BCUT2D eigenvalue weighted by molar-refractivity contribution is -0.136. The molecule has 1 heterocycles. The van der Waals surface area contributed by atoms with Crippen molar-refractivity contribution in [3.63, 3.8) is 0 Å². The maximum Gasteiger partial charge on any atom is 0.323 e. The number of nitrogens with zero attached hydrogens (tertiary/aromatic N) is 1. The fourth-order valence-electron chi connectivity index (χ4n) is 2.40. The van der Waals surface area contributed by atoms with Gasteiger partial charge in [0, 0.05) is 24.3 Å². The second-order valence-electron chi connectivity index (χ2n) is 5.52. The van der Waals surface area contributed by atoms with Crippen molar-refractivity contribution < 1.29 is 27.9 Å². The number of aliphatic carboxylic acids is 1. The van der Waals surface area contributed by atoms with Crippen molar-refractivity contribution in [2.24, 2.45) is 5.73 Å². The molecule has 9 nitrogen and oxygen atoms in total. The Morgan fingerprint density at radius 2 is 1.96 bits per heavy atom. The number of hydrogen-bond donors (Lipinski definition) is 3. The van der Waals surface area contributed by atoms with Crippen LogP contribution in [0.4, 0.5) is 10.5 Å². The molecule has 1 fully saturated rings. The Labute approximate surface area is 138 Å². The monoisotopic (exact) mass is 355 g/mol. The zero-order valence-electron chi connectivity index (χ0n) is 12.9. The highest BCUT2D eigenvalue weighted by atomic mass is 32.2. The predicted molar refractivity (Wildman–Crippen MR) is 85.5 cm³/mol. The highest BCUT2D eigenvalue weighted by Crippen LogP contribution is 2.17. The summed E-state index contributed by atoms with van der Waals surface area (Å²) in [4.78, 5) is 35.7. The molecule has 2 rings (SSSR count). The van der Waals surface area contributed by atoms with Crippen LogP contribution in [0.2, 0.25) is 0 Å². The summed E-state index contributed by atoms with van der Waals surface area (Å²) in [6.45, 7) is 1.18. The Morgan fingerprint density at radius 3 is 2.54 bits per heavy atom. The van der Waals surface area contributed by atoms with E-state index in [0.717, 1.165) is 4.90 Å². The summed E-state index contributed by atoms with van der Waals surface area (Å²) in [5.41, 5.74) is 6.44. The van der Waals surface area contributed by atoms with Crippen molar-refractivity contribution >= 4 is 33.4 Å².